The quantitative estimate of drug-likeness (QED) is 0.748. The number of hydrogen-bond acceptors (Lipinski definition) is 5. The Kier molecular flexibility index (Phi) is 3.23. The Morgan fingerprint density at radius 2 is 2.10 bits per heavy atom. The zero-order chi connectivity index (χ0) is 14.1. The summed E-state index contributed by atoms with van der Waals surface area (Å²) in [5.41, 5.74) is 9.11. The van der Waals surface area contributed by atoms with Gasteiger partial charge >= 0.3 is 0 Å². The van der Waals surface area contributed by atoms with Crippen molar-refractivity contribution in [2.24, 2.45) is 0 Å². The summed E-state index contributed by atoms with van der Waals surface area (Å²) in [7, 11) is -1.36. The van der Waals surface area contributed by atoms with Crippen LogP contribution in [0.5, 0.6) is 0 Å². The molecule has 0 amide bonds. The SMILES string of the molecule is Cc1cccc(CS(=O)c2nc3ccc(N)cc3o2)n1. The number of aryl methyl sites for hydroxylation is 1. The van der Waals surface area contributed by atoms with Crippen molar-refractivity contribution in [1.82, 2.24) is 9.97 Å². The Labute approximate surface area is 118 Å². The van der Waals surface area contributed by atoms with Crippen molar-refractivity contribution in [3.63, 3.8) is 0 Å². The molecule has 2 aromatic heterocycles. The highest BCUT2D eigenvalue weighted by Gasteiger charge is 2.14. The van der Waals surface area contributed by atoms with Gasteiger partial charge in [-0.1, -0.05) is 6.07 Å². The number of hydrogen-bond donors (Lipinski definition) is 1. The van der Waals surface area contributed by atoms with Crippen LogP contribution in [-0.2, 0) is 16.6 Å². The van der Waals surface area contributed by atoms with Crippen molar-refractivity contribution in [2.75, 3.05) is 5.73 Å². The number of fused-ring (bicyclic) bond motifs is 1. The first kappa shape index (κ1) is 12.8. The van der Waals surface area contributed by atoms with Gasteiger partial charge in [0.2, 0.25) is 0 Å². The number of benzene rings is 1. The second-order valence-corrected chi connectivity index (χ2v) is 5.80. The fourth-order valence-corrected chi connectivity index (χ4v) is 2.83. The first-order valence-electron chi connectivity index (χ1n) is 6.09. The third kappa shape index (κ3) is 2.55. The van der Waals surface area contributed by atoms with Crippen LogP contribution in [0.15, 0.2) is 46.0 Å². The molecule has 1 unspecified atom stereocenters. The van der Waals surface area contributed by atoms with Crippen molar-refractivity contribution in [2.45, 2.75) is 17.9 Å². The van der Waals surface area contributed by atoms with E-state index in [9.17, 15) is 4.21 Å². The highest BCUT2D eigenvalue weighted by atomic mass is 32.2. The molecule has 6 heteroatoms. The molecule has 0 radical (unpaired) electrons. The van der Waals surface area contributed by atoms with Gasteiger partial charge in [0.25, 0.3) is 5.22 Å². The van der Waals surface area contributed by atoms with Crippen LogP contribution in [0.2, 0.25) is 0 Å². The van der Waals surface area contributed by atoms with Crippen LogP contribution in [0, 0.1) is 6.92 Å². The molecule has 0 bridgehead atoms. The molecule has 3 rings (SSSR count). The molecule has 0 aliphatic heterocycles. The Morgan fingerprint density at radius 1 is 1.25 bits per heavy atom. The number of pyridine rings is 1. The van der Waals surface area contributed by atoms with E-state index in [1.54, 1.807) is 18.2 Å². The lowest BCUT2D eigenvalue weighted by Crippen LogP contribution is -1.99. The van der Waals surface area contributed by atoms with Gasteiger partial charge in [-0.25, -0.2) is 9.19 Å². The molecule has 0 fully saturated rings. The number of oxazole rings is 1. The summed E-state index contributed by atoms with van der Waals surface area (Å²) < 4.78 is 17.8. The van der Waals surface area contributed by atoms with Crippen molar-refractivity contribution in [3.8, 4) is 0 Å². The molecule has 1 atom stereocenters. The molecular formula is C14H13N3O2S. The zero-order valence-corrected chi connectivity index (χ0v) is 11.7. The third-order valence-corrected chi connectivity index (χ3v) is 3.93. The lowest BCUT2D eigenvalue weighted by molar-refractivity contribution is 0.477. The monoisotopic (exact) mass is 287 g/mol. The van der Waals surface area contributed by atoms with Crippen molar-refractivity contribution in [3.05, 3.63) is 47.8 Å². The third-order valence-electron chi connectivity index (χ3n) is 2.81. The van der Waals surface area contributed by atoms with Gasteiger partial charge in [0, 0.05) is 17.4 Å². The summed E-state index contributed by atoms with van der Waals surface area (Å²) in [4.78, 5) is 8.55. The Morgan fingerprint density at radius 3 is 2.90 bits per heavy atom. The van der Waals surface area contributed by atoms with Crippen LogP contribution in [0.1, 0.15) is 11.4 Å². The molecular weight excluding hydrogens is 274 g/mol. The number of aromatic nitrogens is 2. The first-order chi connectivity index (χ1) is 9.61. The van der Waals surface area contributed by atoms with Crippen LogP contribution in [0.4, 0.5) is 5.69 Å². The molecule has 0 saturated carbocycles. The average molecular weight is 287 g/mol. The summed E-state index contributed by atoms with van der Waals surface area (Å²) in [5, 5.41) is 0.203. The van der Waals surface area contributed by atoms with Gasteiger partial charge in [-0.05, 0) is 31.2 Å². The van der Waals surface area contributed by atoms with Crippen LogP contribution < -0.4 is 5.73 Å². The largest absolute Gasteiger partial charge is 0.430 e. The van der Waals surface area contributed by atoms with Crippen LogP contribution in [0.25, 0.3) is 11.1 Å². The minimum Gasteiger partial charge on any atom is -0.430 e. The molecule has 20 heavy (non-hydrogen) atoms. The molecule has 102 valence electrons. The summed E-state index contributed by atoms with van der Waals surface area (Å²) >= 11 is 0. The number of nitrogen functional groups attached to an aromatic ring is 1. The first-order valence-corrected chi connectivity index (χ1v) is 7.41. The van der Waals surface area contributed by atoms with E-state index in [4.69, 9.17) is 10.2 Å². The maximum Gasteiger partial charge on any atom is 0.288 e. The number of anilines is 1. The number of nitrogens with two attached hydrogens (primary N) is 1. The molecule has 0 aliphatic carbocycles. The van der Waals surface area contributed by atoms with Gasteiger partial charge in [0.15, 0.2) is 5.58 Å². The van der Waals surface area contributed by atoms with E-state index in [1.807, 2.05) is 25.1 Å². The van der Waals surface area contributed by atoms with Crippen molar-refractivity contribution < 1.29 is 8.63 Å². The van der Waals surface area contributed by atoms with E-state index < -0.39 is 10.8 Å². The molecule has 1 aromatic carbocycles. The predicted octanol–water partition coefficient (Wildman–Crippen LogP) is 2.42. The maximum absolute atomic E-state index is 12.3. The molecule has 3 aromatic rings. The highest BCUT2D eigenvalue weighted by Crippen LogP contribution is 2.21. The van der Waals surface area contributed by atoms with Crippen LogP contribution in [-0.4, -0.2) is 14.2 Å². The van der Waals surface area contributed by atoms with Gasteiger partial charge < -0.3 is 10.2 Å². The van der Waals surface area contributed by atoms with Gasteiger partial charge in [-0.3, -0.25) is 4.98 Å². The average Bonchev–Trinajstić information content (AvgIpc) is 2.81. The Bertz CT molecular complexity index is 798. The zero-order valence-electron chi connectivity index (χ0n) is 10.9. The van der Waals surface area contributed by atoms with Crippen LogP contribution in [0.3, 0.4) is 0 Å². The van der Waals surface area contributed by atoms with E-state index >= 15 is 0 Å². The fraction of sp³-hybridized carbons (Fsp3) is 0.143. The standard InChI is InChI=1S/C14H13N3O2S/c1-9-3-2-4-11(16-9)8-20(18)14-17-12-6-5-10(15)7-13(12)19-14/h2-7H,8,15H2,1H3. The molecule has 0 aliphatic rings. The maximum atomic E-state index is 12.3. The Balaban J connectivity index is 1.88. The van der Waals surface area contributed by atoms with Gasteiger partial charge in [0.1, 0.15) is 16.3 Å². The summed E-state index contributed by atoms with van der Waals surface area (Å²) in [6.45, 7) is 1.90. The van der Waals surface area contributed by atoms with E-state index in [-0.39, 0.29) is 11.0 Å². The second-order valence-electron chi connectivity index (χ2n) is 4.47. The smallest absolute Gasteiger partial charge is 0.288 e. The number of rotatable bonds is 3. The number of nitrogens with zero attached hydrogens (tertiary/aromatic N) is 2. The van der Waals surface area contributed by atoms with E-state index in [0.717, 1.165) is 11.4 Å². The topological polar surface area (TPSA) is 82.0 Å². The summed E-state index contributed by atoms with van der Waals surface area (Å²) in [5.74, 6) is 0.282. The van der Waals surface area contributed by atoms with Crippen LogP contribution >= 0.6 is 0 Å². The normalized spacial score (nSPS) is 12.7. The van der Waals surface area contributed by atoms with E-state index in [1.165, 1.54) is 0 Å². The van der Waals surface area contributed by atoms with Gasteiger partial charge in [-0.2, -0.15) is 0 Å². The highest BCUT2D eigenvalue weighted by molar-refractivity contribution is 7.84. The van der Waals surface area contributed by atoms with Gasteiger partial charge in [-0.15, -0.1) is 0 Å². The van der Waals surface area contributed by atoms with Crippen molar-refractivity contribution >= 4 is 27.6 Å². The summed E-state index contributed by atoms with van der Waals surface area (Å²) in [6, 6.07) is 10.8. The molecule has 2 heterocycles. The predicted molar refractivity (Wildman–Crippen MR) is 77.5 cm³/mol. The lowest BCUT2D eigenvalue weighted by atomic mass is 10.3. The van der Waals surface area contributed by atoms with Gasteiger partial charge in [0.05, 0.1) is 11.4 Å². The van der Waals surface area contributed by atoms with E-state index in [0.29, 0.717) is 16.8 Å². The molecule has 2 N–H and O–H groups in total. The minimum absolute atomic E-state index is 0.203. The minimum atomic E-state index is -1.36. The fourth-order valence-electron chi connectivity index (χ4n) is 1.89. The van der Waals surface area contributed by atoms with Crippen molar-refractivity contribution in [1.29, 1.82) is 0 Å². The molecule has 0 saturated heterocycles. The lowest BCUT2D eigenvalue weighted by Gasteiger charge is -1.99. The van der Waals surface area contributed by atoms with E-state index in [2.05, 4.69) is 9.97 Å². The second kappa shape index (κ2) is 5.05. The summed E-state index contributed by atoms with van der Waals surface area (Å²) in [6.07, 6.45) is 0. The molecule has 0 spiro atoms. The Hall–Kier alpha value is -2.21. The molecule has 5 nitrogen and oxygen atoms in total.